The Morgan fingerprint density at radius 3 is 2.29 bits per heavy atom. The molecule has 0 saturated heterocycles. The summed E-state index contributed by atoms with van der Waals surface area (Å²) in [6.45, 7) is 0. The summed E-state index contributed by atoms with van der Waals surface area (Å²) in [7, 11) is 0. The number of hydrogen-bond donors (Lipinski definition) is 2. The van der Waals surface area contributed by atoms with Gasteiger partial charge in [-0.05, 0) is 36.6 Å². The second-order valence-corrected chi connectivity index (χ2v) is 8.37. The smallest absolute Gasteiger partial charge is 0.270 e. The Hall–Kier alpha value is -3.98. The summed E-state index contributed by atoms with van der Waals surface area (Å²) in [6.07, 6.45) is 2.24. The number of nitrogens with zero attached hydrogens (tertiary/aromatic N) is 1. The predicted molar refractivity (Wildman–Crippen MR) is 132 cm³/mol. The van der Waals surface area contributed by atoms with Crippen LogP contribution in [0, 0.1) is 10.1 Å². The quantitative estimate of drug-likeness (QED) is 0.255. The largest absolute Gasteiger partial charge is 0.340 e. The maximum Gasteiger partial charge on any atom is 0.270 e. The molecule has 174 valence electrons. The van der Waals surface area contributed by atoms with Crippen molar-refractivity contribution in [3.05, 3.63) is 106 Å². The average Bonchev–Trinajstić information content (AvgIpc) is 2.86. The number of amides is 2. The van der Waals surface area contributed by atoms with Gasteiger partial charge in [0.25, 0.3) is 11.6 Å². The lowest BCUT2D eigenvalue weighted by Gasteiger charge is -2.18. The van der Waals surface area contributed by atoms with Crippen molar-refractivity contribution in [2.45, 2.75) is 12.5 Å². The van der Waals surface area contributed by atoms with Crippen LogP contribution in [0.3, 0.4) is 0 Å². The van der Waals surface area contributed by atoms with Gasteiger partial charge in [-0.25, -0.2) is 0 Å². The van der Waals surface area contributed by atoms with Crippen molar-refractivity contribution in [2.24, 2.45) is 0 Å². The van der Waals surface area contributed by atoms with Gasteiger partial charge in [0, 0.05) is 34.5 Å². The highest BCUT2D eigenvalue weighted by molar-refractivity contribution is 7.98. The number of nitro benzene ring substituents is 1. The van der Waals surface area contributed by atoms with E-state index in [-0.39, 0.29) is 17.0 Å². The number of nitrogens with one attached hydrogen (secondary N) is 2. The molecule has 3 aromatic rings. The molecule has 0 aliphatic carbocycles. The van der Waals surface area contributed by atoms with Crippen LogP contribution in [0.25, 0.3) is 0 Å². The molecule has 1 unspecified atom stereocenters. The van der Waals surface area contributed by atoms with Gasteiger partial charge in [0.05, 0.1) is 4.92 Å². The number of thioether (sulfide) groups is 1. The van der Waals surface area contributed by atoms with Crippen LogP contribution in [0.2, 0.25) is 0 Å². The average molecular weight is 478 g/mol. The summed E-state index contributed by atoms with van der Waals surface area (Å²) in [5, 5.41) is 16.4. The Morgan fingerprint density at radius 1 is 0.912 bits per heavy atom. The second kappa shape index (κ2) is 11.8. The van der Waals surface area contributed by atoms with Crippen molar-refractivity contribution in [2.75, 3.05) is 17.3 Å². The number of ketones is 1. The summed E-state index contributed by atoms with van der Waals surface area (Å²) in [5.74, 6) is -0.593. The van der Waals surface area contributed by atoms with Crippen molar-refractivity contribution in [3.8, 4) is 0 Å². The zero-order chi connectivity index (χ0) is 24.5. The third-order valence-electron chi connectivity index (χ3n) is 4.98. The monoisotopic (exact) mass is 477 g/mol. The third-order valence-corrected chi connectivity index (χ3v) is 5.62. The summed E-state index contributed by atoms with van der Waals surface area (Å²) in [6, 6.07) is 19.8. The van der Waals surface area contributed by atoms with E-state index in [0.29, 0.717) is 29.0 Å². The molecule has 3 aromatic carbocycles. The van der Waals surface area contributed by atoms with Crippen molar-refractivity contribution in [1.29, 1.82) is 0 Å². The minimum Gasteiger partial charge on any atom is -0.340 e. The maximum absolute atomic E-state index is 13.0. The Kier molecular flexibility index (Phi) is 8.53. The van der Waals surface area contributed by atoms with E-state index in [0.717, 1.165) is 6.07 Å². The number of anilines is 1. The van der Waals surface area contributed by atoms with E-state index in [9.17, 15) is 24.5 Å². The molecule has 2 N–H and O–H groups in total. The number of nitro groups is 1. The van der Waals surface area contributed by atoms with Gasteiger partial charge in [-0.1, -0.05) is 48.5 Å². The van der Waals surface area contributed by atoms with E-state index in [1.165, 1.54) is 30.0 Å². The molecule has 8 nitrogen and oxygen atoms in total. The predicted octanol–water partition coefficient (Wildman–Crippen LogP) is 4.32. The third kappa shape index (κ3) is 6.52. The summed E-state index contributed by atoms with van der Waals surface area (Å²) in [5.41, 5.74) is 1.26. The molecule has 0 saturated carbocycles. The Labute approximate surface area is 200 Å². The highest BCUT2D eigenvalue weighted by Gasteiger charge is 2.22. The summed E-state index contributed by atoms with van der Waals surface area (Å²) >= 11 is 1.52. The minimum atomic E-state index is -0.868. The van der Waals surface area contributed by atoms with Crippen LogP contribution in [0.15, 0.2) is 78.9 Å². The molecule has 3 rings (SSSR count). The van der Waals surface area contributed by atoms with Gasteiger partial charge in [-0.15, -0.1) is 0 Å². The van der Waals surface area contributed by atoms with Gasteiger partial charge >= 0.3 is 0 Å². The SMILES string of the molecule is CSCCC(NC(=O)c1cccc([N+](=O)[O-])c1)C(=O)Nc1cccc(C(=O)c2ccccc2)c1. The molecule has 0 spiro atoms. The fourth-order valence-electron chi connectivity index (χ4n) is 3.23. The van der Waals surface area contributed by atoms with Gasteiger partial charge in [0.15, 0.2) is 5.78 Å². The highest BCUT2D eigenvalue weighted by atomic mass is 32.2. The van der Waals surface area contributed by atoms with Crippen LogP contribution in [-0.4, -0.2) is 40.6 Å². The molecule has 2 amide bonds. The molecule has 0 aromatic heterocycles. The second-order valence-electron chi connectivity index (χ2n) is 7.38. The molecule has 0 radical (unpaired) electrons. The van der Waals surface area contributed by atoms with Crippen molar-refractivity contribution >= 4 is 40.7 Å². The molecule has 0 aliphatic heterocycles. The van der Waals surface area contributed by atoms with Gasteiger partial charge in [0.2, 0.25) is 5.91 Å². The zero-order valence-electron chi connectivity index (χ0n) is 18.4. The fraction of sp³-hybridized carbons (Fsp3) is 0.160. The summed E-state index contributed by atoms with van der Waals surface area (Å²) < 4.78 is 0. The first-order chi connectivity index (χ1) is 16.4. The van der Waals surface area contributed by atoms with Crippen molar-refractivity contribution in [1.82, 2.24) is 5.32 Å². The van der Waals surface area contributed by atoms with Crippen molar-refractivity contribution in [3.63, 3.8) is 0 Å². The first-order valence-electron chi connectivity index (χ1n) is 10.4. The first kappa shape index (κ1) is 24.7. The molecule has 0 aliphatic rings. The van der Waals surface area contributed by atoms with Crippen LogP contribution in [0.4, 0.5) is 11.4 Å². The number of benzene rings is 3. The van der Waals surface area contributed by atoms with Crippen LogP contribution in [0.1, 0.15) is 32.7 Å². The maximum atomic E-state index is 13.0. The number of carbonyl (C=O) groups is 3. The molecule has 0 fully saturated rings. The minimum absolute atomic E-state index is 0.0895. The first-order valence-corrected chi connectivity index (χ1v) is 11.8. The molecule has 0 heterocycles. The normalized spacial score (nSPS) is 11.3. The molecule has 34 heavy (non-hydrogen) atoms. The van der Waals surface area contributed by atoms with Crippen LogP contribution < -0.4 is 10.6 Å². The number of hydrogen-bond acceptors (Lipinski definition) is 6. The molecular formula is C25H23N3O5S. The van der Waals surface area contributed by atoms with E-state index >= 15 is 0 Å². The van der Waals surface area contributed by atoms with Crippen molar-refractivity contribution < 1.29 is 19.3 Å². The van der Waals surface area contributed by atoms with Crippen LogP contribution in [0.5, 0.6) is 0 Å². The molecule has 0 bridgehead atoms. The Balaban J connectivity index is 1.74. The van der Waals surface area contributed by atoms with E-state index in [1.807, 2.05) is 12.3 Å². The van der Waals surface area contributed by atoms with E-state index in [1.54, 1.807) is 48.5 Å². The standard InChI is InChI=1S/C25H23N3O5S/c1-34-14-13-22(27-24(30)19-10-6-12-21(16-19)28(32)33)25(31)26-20-11-5-9-18(15-20)23(29)17-7-3-2-4-8-17/h2-12,15-16,22H,13-14H2,1H3,(H,26,31)(H,27,30). The topological polar surface area (TPSA) is 118 Å². The molecule has 9 heteroatoms. The molecule has 1 atom stereocenters. The van der Waals surface area contributed by atoms with Gasteiger partial charge < -0.3 is 10.6 Å². The van der Waals surface area contributed by atoms with Crippen LogP contribution in [-0.2, 0) is 4.79 Å². The molecular weight excluding hydrogens is 454 g/mol. The van der Waals surface area contributed by atoms with E-state index in [4.69, 9.17) is 0 Å². The number of carbonyl (C=O) groups excluding carboxylic acids is 3. The van der Waals surface area contributed by atoms with Gasteiger partial charge in [0.1, 0.15) is 6.04 Å². The van der Waals surface area contributed by atoms with E-state index in [2.05, 4.69) is 10.6 Å². The fourth-order valence-corrected chi connectivity index (χ4v) is 3.70. The lowest BCUT2D eigenvalue weighted by Crippen LogP contribution is -2.44. The Bertz CT molecular complexity index is 1200. The van der Waals surface area contributed by atoms with Gasteiger partial charge in [-0.2, -0.15) is 11.8 Å². The highest BCUT2D eigenvalue weighted by Crippen LogP contribution is 2.17. The van der Waals surface area contributed by atoms with Crippen LogP contribution >= 0.6 is 11.8 Å². The lowest BCUT2D eigenvalue weighted by molar-refractivity contribution is -0.384. The number of rotatable bonds is 10. The number of non-ortho nitro benzene ring substituents is 1. The Morgan fingerprint density at radius 2 is 1.59 bits per heavy atom. The van der Waals surface area contributed by atoms with Gasteiger partial charge in [-0.3, -0.25) is 24.5 Å². The lowest BCUT2D eigenvalue weighted by atomic mass is 10.0. The van der Waals surface area contributed by atoms with E-state index < -0.39 is 22.8 Å². The summed E-state index contributed by atoms with van der Waals surface area (Å²) in [4.78, 5) is 48.8. The zero-order valence-corrected chi connectivity index (χ0v) is 19.2.